The molecule has 0 spiro atoms. The number of hydrogen-bond donors (Lipinski definition) is 0. The molecule has 108 valence electrons. The SMILES string of the molecule is C=COCCCCCCCCCCCCC(C)C. The van der Waals surface area contributed by atoms with Gasteiger partial charge in [-0.1, -0.05) is 84.6 Å². The van der Waals surface area contributed by atoms with E-state index in [0.29, 0.717) is 0 Å². The first kappa shape index (κ1) is 17.5. The third-order valence-corrected chi connectivity index (χ3v) is 3.41. The van der Waals surface area contributed by atoms with Crippen molar-refractivity contribution in [1.29, 1.82) is 0 Å². The minimum Gasteiger partial charge on any atom is -0.502 e. The van der Waals surface area contributed by atoms with Gasteiger partial charge in [-0.05, 0) is 12.3 Å². The molecule has 0 heterocycles. The van der Waals surface area contributed by atoms with E-state index in [1.807, 2.05) is 0 Å². The quantitative estimate of drug-likeness (QED) is 0.269. The van der Waals surface area contributed by atoms with Crippen molar-refractivity contribution in [3.63, 3.8) is 0 Å². The molecule has 1 nitrogen and oxygen atoms in total. The Hall–Kier alpha value is -0.460. The van der Waals surface area contributed by atoms with Gasteiger partial charge >= 0.3 is 0 Å². The van der Waals surface area contributed by atoms with Crippen molar-refractivity contribution in [2.75, 3.05) is 6.61 Å². The minimum atomic E-state index is 0.847. The van der Waals surface area contributed by atoms with E-state index in [2.05, 4.69) is 20.4 Å². The molecule has 1 heteroatoms. The molecular weight excluding hydrogens is 220 g/mol. The zero-order valence-electron chi connectivity index (χ0n) is 12.8. The molecule has 0 atom stereocenters. The maximum absolute atomic E-state index is 5.10. The molecule has 0 N–H and O–H groups in total. The minimum absolute atomic E-state index is 0.847. The fraction of sp³-hybridized carbons (Fsp3) is 0.882. The van der Waals surface area contributed by atoms with E-state index < -0.39 is 0 Å². The van der Waals surface area contributed by atoms with Crippen LogP contribution in [0.2, 0.25) is 0 Å². The summed E-state index contributed by atoms with van der Waals surface area (Å²) in [5, 5.41) is 0. The standard InChI is InChI=1S/C17H34O/c1-4-18-16-14-12-10-8-6-5-7-9-11-13-15-17(2)3/h4,17H,1,5-16H2,2-3H3. The molecule has 0 aromatic rings. The summed E-state index contributed by atoms with van der Waals surface area (Å²) in [5.74, 6) is 0.884. The van der Waals surface area contributed by atoms with Gasteiger partial charge in [0.15, 0.2) is 0 Å². The molecule has 18 heavy (non-hydrogen) atoms. The van der Waals surface area contributed by atoms with Gasteiger partial charge in [-0.25, -0.2) is 0 Å². The first-order valence-electron chi connectivity index (χ1n) is 8.00. The average molecular weight is 254 g/mol. The topological polar surface area (TPSA) is 9.23 Å². The van der Waals surface area contributed by atoms with E-state index in [9.17, 15) is 0 Å². The van der Waals surface area contributed by atoms with Gasteiger partial charge in [-0.15, -0.1) is 0 Å². The first-order valence-corrected chi connectivity index (χ1v) is 8.00. The van der Waals surface area contributed by atoms with Crippen LogP contribution in [0.3, 0.4) is 0 Å². The number of ether oxygens (including phenoxy) is 1. The Morgan fingerprint density at radius 3 is 1.67 bits per heavy atom. The Labute approximate surface area is 115 Å². The van der Waals surface area contributed by atoms with Gasteiger partial charge in [0.2, 0.25) is 0 Å². The van der Waals surface area contributed by atoms with Crippen LogP contribution in [0.5, 0.6) is 0 Å². The van der Waals surface area contributed by atoms with E-state index in [4.69, 9.17) is 4.74 Å². The van der Waals surface area contributed by atoms with Gasteiger partial charge in [0.1, 0.15) is 0 Å². The van der Waals surface area contributed by atoms with Crippen LogP contribution in [-0.2, 0) is 4.74 Å². The Bertz CT molecular complexity index is 163. The second kappa shape index (κ2) is 14.6. The lowest BCUT2D eigenvalue weighted by atomic mass is 10.0. The Morgan fingerprint density at radius 1 is 0.778 bits per heavy atom. The van der Waals surface area contributed by atoms with Gasteiger partial charge in [0.25, 0.3) is 0 Å². The number of rotatable bonds is 14. The fourth-order valence-corrected chi connectivity index (χ4v) is 2.24. The van der Waals surface area contributed by atoms with Crippen LogP contribution in [0.1, 0.15) is 84.5 Å². The zero-order valence-corrected chi connectivity index (χ0v) is 12.8. The van der Waals surface area contributed by atoms with E-state index >= 15 is 0 Å². The summed E-state index contributed by atoms with van der Waals surface area (Å²) < 4.78 is 5.10. The zero-order chi connectivity index (χ0) is 13.5. The molecule has 0 saturated heterocycles. The maximum Gasteiger partial charge on any atom is 0.0873 e. The lowest BCUT2D eigenvalue weighted by Gasteiger charge is -2.04. The second-order valence-electron chi connectivity index (χ2n) is 5.76. The lowest BCUT2D eigenvalue weighted by Crippen LogP contribution is -1.88. The van der Waals surface area contributed by atoms with Crippen LogP contribution in [0.15, 0.2) is 12.8 Å². The highest BCUT2D eigenvalue weighted by atomic mass is 16.5. The molecule has 0 bridgehead atoms. The van der Waals surface area contributed by atoms with Crippen molar-refractivity contribution in [3.8, 4) is 0 Å². The van der Waals surface area contributed by atoms with Crippen LogP contribution in [0.4, 0.5) is 0 Å². The molecule has 0 radical (unpaired) electrons. The maximum atomic E-state index is 5.10. The third-order valence-electron chi connectivity index (χ3n) is 3.41. The van der Waals surface area contributed by atoms with Gasteiger partial charge in [-0.3, -0.25) is 0 Å². The molecule has 0 unspecified atom stereocenters. The lowest BCUT2D eigenvalue weighted by molar-refractivity contribution is 0.241. The molecule has 0 saturated carbocycles. The summed E-state index contributed by atoms with van der Waals surface area (Å²) in [7, 11) is 0. The largest absolute Gasteiger partial charge is 0.502 e. The molecule has 0 aliphatic heterocycles. The predicted molar refractivity (Wildman–Crippen MR) is 81.8 cm³/mol. The van der Waals surface area contributed by atoms with Crippen LogP contribution in [-0.4, -0.2) is 6.61 Å². The molecule has 0 amide bonds. The Kier molecular flexibility index (Phi) is 14.2. The molecule has 0 aromatic heterocycles. The normalized spacial score (nSPS) is 10.8. The monoisotopic (exact) mass is 254 g/mol. The molecule has 0 aliphatic carbocycles. The first-order chi connectivity index (χ1) is 8.77. The molecule has 0 aromatic carbocycles. The Balaban J connectivity index is 2.92. The van der Waals surface area contributed by atoms with E-state index in [0.717, 1.165) is 12.5 Å². The van der Waals surface area contributed by atoms with Crippen LogP contribution in [0, 0.1) is 5.92 Å². The van der Waals surface area contributed by atoms with Crippen LogP contribution in [0.25, 0.3) is 0 Å². The summed E-state index contributed by atoms with van der Waals surface area (Å²) >= 11 is 0. The summed E-state index contributed by atoms with van der Waals surface area (Å²) in [5.41, 5.74) is 0. The molecule has 0 fully saturated rings. The van der Waals surface area contributed by atoms with Crippen molar-refractivity contribution in [3.05, 3.63) is 12.8 Å². The van der Waals surface area contributed by atoms with Crippen molar-refractivity contribution >= 4 is 0 Å². The van der Waals surface area contributed by atoms with E-state index in [-0.39, 0.29) is 0 Å². The highest BCUT2D eigenvalue weighted by Gasteiger charge is 1.95. The van der Waals surface area contributed by atoms with Gasteiger partial charge < -0.3 is 4.74 Å². The summed E-state index contributed by atoms with van der Waals surface area (Å²) in [6, 6.07) is 0. The molecule has 0 rings (SSSR count). The highest BCUT2D eigenvalue weighted by molar-refractivity contribution is 4.51. The fourth-order valence-electron chi connectivity index (χ4n) is 2.24. The van der Waals surface area contributed by atoms with Crippen LogP contribution < -0.4 is 0 Å². The van der Waals surface area contributed by atoms with Crippen molar-refractivity contribution in [1.82, 2.24) is 0 Å². The van der Waals surface area contributed by atoms with Crippen molar-refractivity contribution < 1.29 is 4.74 Å². The van der Waals surface area contributed by atoms with Crippen molar-refractivity contribution in [2.45, 2.75) is 84.5 Å². The van der Waals surface area contributed by atoms with Gasteiger partial charge in [0.05, 0.1) is 12.9 Å². The third kappa shape index (κ3) is 15.5. The highest BCUT2D eigenvalue weighted by Crippen LogP contribution is 2.13. The van der Waals surface area contributed by atoms with Gasteiger partial charge in [-0.2, -0.15) is 0 Å². The predicted octanol–water partition coefficient (Wildman–Crippen LogP) is 6.09. The Morgan fingerprint density at radius 2 is 1.22 bits per heavy atom. The molecule has 0 aliphatic rings. The number of unbranched alkanes of at least 4 members (excludes halogenated alkanes) is 9. The van der Waals surface area contributed by atoms with Crippen molar-refractivity contribution in [2.24, 2.45) is 5.92 Å². The second-order valence-corrected chi connectivity index (χ2v) is 5.76. The van der Waals surface area contributed by atoms with Crippen LogP contribution >= 0.6 is 0 Å². The summed E-state index contributed by atoms with van der Waals surface area (Å²) in [4.78, 5) is 0. The number of hydrogen-bond acceptors (Lipinski definition) is 1. The van der Waals surface area contributed by atoms with Gasteiger partial charge in [0, 0.05) is 0 Å². The smallest absolute Gasteiger partial charge is 0.0873 e. The summed E-state index contributed by atoms with van der Waals surface area (Å²) in [6.07, 6.45) is 16.8. The van der Waals surface area contributed by atoms with E-state index in [1.54, 1.807) is 6.26 Å². The summed E-state index contributed by atoms with van der Waals surface area (Å²) in [6.45, 7) is 9.02. The van der Waals surface area contributed by atoms with E-state index in [1.165, 1.54) is 70.6 Å². The molecular formula is C17H34O. The average Bonchev–Trinajstić information content (AvgIpc) is 2.34.